The van der Waals surface area contributed by atoms with Crippen LogP contribution in [-0.2, 0) is 22.7 Å². The van der Waals surface area contributed by atoms with Gasteiger partial charge in [-0.05, 0) is 37.6 Å². The number of nitrogens with one attached hydrogen (secondary N) is 1. The molecule has 0 radical (unpaired) electrons. The van der Waals surface area contributed by atoms with E-state index in [4.69, 9.17) is 4.42 Å². The van der Waals surface area contributed by atoms with Crippen LogP contribution in [0.4, 0.5) is 0 Å². The van der Waals surface area contributed by atoms with E-state index in [0.29, 0.717) is 26.2 Å². The van der Waals surface area contributed by atoms with Crippen LogP contribution >= 0.6 is 0 Å². The van der Waals surface area contributed by atoms with Crippen LogP contribution in [0.25, 0.3) is 0 Å². The van der Waals surface area contributed by atoms with E-state index in [-0.39, 0.29) is 18.2 Å². The molecule has 0 bridgehead atoms. The standard InChI is InChI=1S/C23H31N5O3/c1-18-6-7-20(31-18)17-28-12-9-25-23(30)21(28)15-22(29)27-11-4-10-26(13-14-27)16-19-5-2-3-8-24-19/h2-3,5-8,21H,4,9-17H2,1H3,(H,25,30)/t21-/m1/s1. The van der Waals surface area contributed by atoms with Gasteiger partial charge in [0.1, 0.15) is 11.5 Å². The molecule has 0 spiro atoms. The van der Waals surface area contributed by atoms with Gasteiger partial charge in [-0.15, -0.1) is 0 Å². The number of pyridine rings is 1. The summed E-state index contributed by atoms with van der Waals surface area (Å²) in [5.74, 6) is 1.64. The first-order valence-corrected chi connectivity index (χ1v) is 11.1. The first-order valence-electron chi connectivity index (χ1n) is 11.1. The SMILES string of the molecule is Cc1ccc(CN2CCNC(=O)[C@H]2CC(=O)N2CCCN(Cc3ccccn3)CC2)o1. The van der Waals surface area contributed by atoms with Crippen LogP contribution in [0.3, 0.4) is 0 Å². The van der Waals surface area contributed by atoms with Crippen LogP contribution in [0.15, 0.2) is 40.9 Å². The van der Waals surface area contributed by atoms with Crippen molar-refractivity contribution in [3.63, 3.8) is 0 Å². The Morgan fingerprint density at radius 3 is 2.81 bits per heavy atom. The number of furan rings is 1. The Labute approximate surface area is 183 Å². The van der Waals surface area contributed by atoms with E-state index in [1.54, 1.807) is 0 Å². The highest BCUT2D eigenvalue weighted by Crippen LogP contribution is 2.17. The Morgan fingerprint density at radius 1 is 1.13 bits per heavy atom. The maximum absolute atomic E-state index is 13.1. The number of hydrogen-bond acceptors (Lipinski definition) is 6. The second-order valence-corrected chi connectivity index (χ2v) is 8.33. The van der Waals surface area contributed by atoms with Gasteiger partial charge in [0, 0.05) is 52.0 Å². The first kappa shape index (κ1) is 21.5. The fraction of sp³-hybridized carbons (Fsp3) is 0.522. The predicted octanol–water partition coefficient (Wildman–Crippen LogP) is 1.41. The summed E-state index contributed by atoms with van der Waals surface area (Å²) in [5, 5.41) is 2.91. The van der Waals surface area contributed by atoms with E-state index in [9.17, 15) is 9.59 Å². The molecule has 2 aromatic heterocycles. The highest BCUT2D eigenvalue weighted by atomic mass is 16.3. The normalized spacial score (nSPS) is 21.0. The van der Waals surface area contributed by atoms with Gasteiger partial charge in [0.15, 0.2) is 0 Å². The molecule has 0 aromatic carbocycles. The third-order valence-electron chi connectivity index (χ3n) is 6.02. The lowest BCUT2D eigenvalue weighted by Crippen LogP contribution is -2.56. The average molecular weight is 426 g/mol. The lowest BCUT2D eigenvalue weighted by molar-refractivity contribution is -0.139. The first-order chi connectivity index (χ1) is 15.1. The number of carbonyl (C=O) groups excluding carboxylic acids is 2. The van der Waals surface area contributed by atoms with Gasteiger partial charge < -0.3 is 14.6 Å². The Kier molecular flexibility index (Phi) is 6.99. The van der Waals surface area contributed by atoms with Crippen molar-refractivity contribution in [1.29, 1.82) is 0 Å². The molecule has 2 aliphatic heterocycles. The molecule has 31 heavy (non-hydrogen) atoms. The van der Waals surface area contributed by atoms with Gasteiger partial charge in [0.05, 0.1) is 24.7 Å². The topological polar surface area (TPSA) is 81.9 Å². The minimum atomic E-state index is -0.459. The minimum absolute atomic E-state index is 0.0439. The van der Waals surface area contributed by atoms with Gasteiger partial charge in [0.25, 0.3) is 0 Å². The molecule has 2 saturated heterocycles. The predicted molar refractivity (Wildman–Crippen MR) is 116 cm³/mol. The third kappa shape index (κ3) is 5.71. The summed E-state index contributed by atoms with van der Waals surface area (Å²) in [6, 6.07) is 9.36. The van der Waals surface area contributed by atoms with Crippen LogP contribution in [0.5, 0.6) is 0 Å². The van der Waals surface area contributed by atoms with Crippen LogP contribution in [0.2, 0.25) is 0 Å². The third-order valence-corrected chi connectivity index (χ3v) is 6.02. The van der Waals surface area contributed by atoms with Crippen molar-refractivity contribution in [2.45, 2.75) is 38.9 Å². The second kappa shape index (κ2) is 10.1. The van der Waals surface area contributed by atoms with Crippen molar-refractivity contribution in [1.82, 2.24) is 25.0 Å². The van der Waals surface area contributed by atoms with Gasteiger partial charge in [-0.2, -0.15) is 0 Å². The van der Waals surface area contributed by atoms with Crippen molar-refractivity contribution in [2.24, 2.45) is 0 Å². The smallest absolute Gasteiger partial charge is 0.237 e. The number of hydrogen-bond donors (Lipinski definition) is 1. The van der Waals surface area contributed by atoms with Crippen LogP contribution < -0.4 is 5.32 Å². The lowest BCUT2D eigenvalue weighted by atomic mass is 10.1. The fourth-order valence-corrected chi connectivity index (χ4v) is 4.34. The number of amides is 2. The zero-order valence-electron chi connectivity index (χ0n) is 18.1. The van der Waals surface area contributed by atoms with Crippen molar-refractivity contribution in [2.75, 3.05) is 39.3 Å². The highest BCUT2D eigenvalue weighted by Gasteiger charge is 2.33. The Bertz CT molecular complexity index is 884. The summed E-state index contributed by atoms with van der Waals surface area (Å²) in [6.07, 6.45) is 2.94. The molecule has 1 atom stereocenters. The van der Waals surface area contributed by atoms with E-state index in [2.05, 4.69) is 20.1 Å². The number of piperazine rings is 1. The summed E-state index contributed by atoms with van der Waals surface area (Å²) in [4.78, 5) is 36.4. The fourth-order valence-electron chi connectivity index (χ4n) is 4.34. The van der Waals surface area contributed by atoms with Crippen molar-refractivity contribution >= 4 is 11.8 Å². The molecule has 8 nitrogen and oxygen atoms in total. The molecule has 1 N–H and O–H groups in total. The Hall–Kier alpha value is -2.71. The molecular formula is C23H31N5O3. The molecule has 166 valence electrons. The molecule has 0 saturated carbocycles. The minimum Gasteiger partial charge on any atom is -0.465 e. The number of nitrogens with zero attached hydrogens (tertiary/aromatic N) is 4. The van der Waals surface area contributed by atoms with Crippen molar-refractivity contribution < 1.29 is 14.0 Å². The van der Waals surface area contributed by atoms with E-state index < -0.39 is 6.04 Å². The molecule has 2 aromatic rings. The van der Waals surface area contributed by atoms with E-state index in [1.807, 2.05) is 48.4 Å². The van der Waals surface area contributed by atoms with Gasteiger partial charge in [0.2, 0.25) is 11.8 Å². The van der Waals surface area contributed by atoms with Gasteiger partial charge >= 0.3 is 0 Å². The summed E-state index contributed by atoms with van der Waals surface area (Å²) >= 11 is 0. The number of aryl methyl sites for hydroxylation is 1. The van der Waals surface area contributed by atoms with Gasteiger partial charge in [-0.25, -0.2) is 0 Å². The zero-order valence-corrected chi connectivity index (χ0v) is 18.1. The van der Waals surface area contributed by atoms with Gasteiger partial charge in [-0.1, -0.05) is 6.07 Å². The van der Waals surface area contributed by atoms with E-state index >= 15 is 0 Å². The summed E-state index contributed by atoms with van der Waals surface area (Å²) in [5.41, 5.74) is 1.05. The maximum Gasteiger partial charge on any atom is 0.237 e. The lowest BCUT2D eigenvalue weighted by Gasteiger charge is -2.35. The average Bonchev–Trinajstić information content (AvgIpc) is 3.03. The van der Waals surface area contributed by atoms with Crippen molar-refractivity contribution in [3.05, 3.63) is 53.7 Å². The molecule has 0 aliphatic carbocycles. The van der Waals surface area contributed by atoms with Crippen LogP contribution in [0, 0.1) is 6.92 Å². The van der Waals surface area contributed by atoms with E-state index in [0.717, 1.165) is 49.8 Å². The molecule has 2 amide bonds. The quantitative estimate of drug-likeness (QED) is 0.754. The Morgan fingerprint density at radius 2 is 2.03 bits per heavy atom. The monoisotopic (exact) mass is 425 g/mol. The number of aromatic nitrogens is 1. The molecule has 4 rings (SSSR count). The summed E-state index contributed by atoms with van der Waals surface area (Å²) < 4.78 is 5.69. The summed E-state index contributed by atoms with van der Waals surface area (Å²) in [6.45, 7) is 7.70. The highest BCUT2D eigenvalue weighted by molar-refractivity contribution is 5.88. The molecule has 0 unspecified atom stereocenters. The zero-order chi connectivity index (χ0) is 21.6. The molecular weight excluding hydrogens is 394 g/mol. The number of carbonyl (C=O) groups is 2. The Balaban J connectivity index is 1.34. The molecule has 8 heteroatoms. The largest absolute Gasteiger partial charge is 0.465 e. The maximum atomic E-state index is 13.1. The second-order valence-electron chi connectivity index (χ2n) is 8.33. The number of rotatable bonds is 6. The molecule has 2 fully saturated rings. The molecule has 2 aliphatic rings. The van der Waals surface area contributed by atoms with Gasteiger partial charge in [-0.3, -0.25) is 24.4 Å². The van der Waals surface area contributed by atoms with E-state index in [1.165, 1.54) is 0 Å². The van der Waals surface area contributed by atoms with Crippen molar-refractivity contribution in [3.8, 4) is 0 Å². The van der Waals surface area contributed by atoms with Crippen LogP contribution in [0.1, 0.15) is 30.1 Å². The van der Waals surface area contributed by atoms with Crippen LogP contribution in [-0.4, -0.2) is 76.8 Å². The summed E-state index contributed by atoms with van der Waals surface area (Å²) in [7, 11) is 0. The molecule has 4 heterocycles.